The highest BCUT2D eigenvalue weighted by atomic mass is 19.4. The Labute approximate surface area is 193 Å². The van der Waals surface area contributed by atoms with Gasteiger partial charge >= 0.3 is 6.18 Å². The van der Waals surface area contributed by atoms with Crippen molar-refractivity contribution in [3.05, 3.63) is 64.1 Å². The van der Waals surface area contributed by atoms with Crippen LogP contribution < -0.4 is 0 Å². The van der Waals surface area contributed by atoms with E-state index in [1.807, 2.05) is 32.0 Å². The molecule has 0 fully saturated rings. The smallest absolute Gasteiger partial charge is 0.332 e. The van der Waals surface area contributed by atoms with Crippen LogP contribution in [-0.4, -0.2) is 41.9 Å². The quantitative estimate of drug-likeness (QED) is 0.442. The number of halogens is 3. The van der Waals surface area contributed by atoms with Gasteiger partial charge in [0.2, 0.25) is 0 Å². The largest absolute Gasteiger partial charge is 0.435 e. The molecule has 0 N–H and O–H groups in total. The van der Waals surface area contributed by atoms with Crippen molar-refractivity contribution in [3.8, 4) is 11.4 Å². The monoisotopic (exact) mass is 468 g/mol. The van der Waals surface area contributed by atoms with Crippen molar-refractivity contribution >= 4 is 16.8 Å². The second-order valence-electron chi connectivity index (χ2n) is 8.67. The fraction of sp³-hybridized carbons (Fsp3) is 0.333. The van der Waals surface area contributed by atoms with Crippen LogP contribution in [0.5, 0.6) is 0 Å². The fourth-order valence-corrected chi connectivity index (χ4v) is 4.70. The molecule has 0 saturated heterocycles. The van der Waals surface area contributed by atoms with Crippen LogP contribution in [0.1, 0.15) is 38.6 Å². The standard InChI is InChI=1S/C24H23F3N6O/c1-13-5-6-15-14(2)16(7-8-18(15)28-13)23(34)33-10-9-17-19(12-33)29-32(4)22(17)20-11-21(24(25,26)27)30-31(20)3/h5-8,11H,9-10,12H2,1-4H3. The average Bonchev–Trinajstić information content (AvgIpc) is 3.31. The zero-order valence-corrected chi connectivity index (χ0v) is 19.2. The molecule has 1 aliphatic heterocycles. The maximum absolute atomic E-state index is 13.4. The molecule has 5 rings (SSSR count). The second-order valence-corrected chi connectivity index (χ2v) is 8.67. The van der Waals surface area contributed by atoms with Crippen LogP contribution in [0.4, 0.5) is 13.2 Å². The molecule has 0 bridgehead atoms. The van der Waals surface area contributed by atoms with E-state index in [2.05, 4.69) is 15.2 Å². The molecule has 10 heteroatoms. The lowest BCUT2D eigenvalue weighted by atomic mass is 9.99. The summed E-state index contributed by atoms with van der Waals surface area (Å²) in [6.45, 7) is 4.57. The highest BCUT2D eigenvalue weighted by Crippen LogP contribution is 2.35. The molecule has 0 aliphatic carbocycles. The molecule has 4 aromatic rings. The summed E-state index contributed by atoms with van der Waals surface area (Å²) in [7, 11) is 3.18. The molecule has 1 aromatic carbocycles. The van der Waals surface area contributed by atoms with E-state index >= 15 is 0 Å². The Hall–Kier alpha value is -3.69. The van der Waals surface area contributed by atoms with Gasteiger partial charge < -0.3 is 4.90 Å². The van der Waals surface area contributed by atoms with Gasteiger partial charge in [0.25, 0.3) is 5.91 Å². The van der Waals surface area contributed by atoms with Gasteiger partial charge in [-0.15, -0.1) is 0 Å². The van der Waals surface area contributed by atoms with Crippen LogP contribution in [0.25, 0.3) is 22.3 Å². The minimum atomic E-state index is -4.52. The van der Waals surface area contributed by atoms with E-state index in [0.717, 1.165) is 33.8 Å². The SMILES string of the molecule is Cc1ccc2c(C)c(C(=O)N3CCc4c(nn(C)c4-c4cc(C(F)(F)F)nn4C)C3)ccc2n1. The number of alkyl halides is 3. The summed E-state index contributed by atoms with van der Waals surface area (Å²) in [5.41, 5.74) is 4.77. The summed E-state index contributed by atoms with van der Waals surface area (Å²) < 4.78 is 42.3. The Balaban J connectivity index is 1.47. The number of rotatable bonds is 2. The second kappa shape index (κ2) is 7.68. The van der Waals surface area contributed by atoms with Crippen molar-refractivity contribution < 1.29 is 18.0 Å². The van der Waals surface area contributed by atoms with E-state index in [1.54, 1.807) is 22.7 Å². The fourth-order valence-electron chi connectivity index (χ4n) is 4.70. The first kappa shape index (κ1) is 22.1. The third kappa shape index (κ3) is 3.53. The van der Waals surface area contributed by atoms with Crippen molar-refractivity contribution in [2.45, 2.75) is 33.0 Å². The van der Waals surface area contributed by atoms with Gasteiger partial charge in [0.15, 0.2) is 5.69 Å². The summed E-state index contributed by atoms with van der Waals surface area (Å²) in [5, 5.41) is 9.11. The maximum Gasteiger partial charge on any atom is 0.435 e. The molecule has 1 aliphatic rings. The first-order valence-corrected chi connectivity index (χ1v) is 10.9. The first-order valence-electron chi connectivity index (χ1n) is 10.9. The number of aromatic nitrogens is 5. The van der Waals surface area contributed by atoms with Gasteiger partial charge in [0.05, 0.1) is 29.1 Å². The summed E-state index contributed by atoms with van der Waals surface area (Å²) >= 11 is 0. The summed E-state index contributed by atoms with van der Waals surface area (Å²) in [4.78, 5) is 19.7. The Kier molecular flexibility index (Phi) is 5.00. The first-order chi connectivity index (χ1) is 16.0. The molecule has 4 heterocycles. The molecule has 3 aromatic heterocycles. The van der Waals surface area contributed by atoms with Crippen LogP contribution in [0, 0.1) is 13.8 Å². The van der Waals surface area contributed by atoms with Crippen molar-refractivity contribution in [3.63, 3.8) is 0 Å². The third-order valence-corrected chi connectivity index (χ3v) is 6.41. The van der Waals surface area contributed by atoms with Gasteiger partial charge in [-0.3, -0.25) is 19.1 Å². The zero-order valence-electron chi connectivity index (χ0n) is 19.2. The van der Waals surface area contributed by atoms with Gasteiger partial charge in [0, 0.05) is 42.8 Å². The average molecular weight is 468 g/mol. The lowest BCUT2D eigenvalue weighted by Gasteiger charge is -2.27. The van der Waals surface area contributed by atoms with Gasteiger partial charge in [-0.05, 0) is 50.1 Å². The number of aryl methyl sites for hydroxylation is 4. The van der Waals surface area contributed by atoms with Gasteiger partial charge in [-0.1, -0.05) is 6.07 Å². The highest BCUT2D eigenvalue weighted by molar-refractivity contribution is 6.00. The number of nitrogens with zero attached hydrogens (tertiary/aromatic N) is 6. The minimum absolute atomic E-state index is 0.0993. The van der Waals surface area contributed by atoms with Crippen molar-refractivity contribution in [2.24, 2.45) is 14.1 Å². The number of pyridine rings is 1. The van der Waals surface area contributed by atoms with E-state index in [9.17, 15) is 18.0 Å². The number of carbonyl (C=O) groups excluding carboxylic acids is 1. The van der Waals surface area contributed by atoms with E-state index < -0.39 is 11.9 Å². The minimum Gasteiger partial charge on any atom is -0.332 e. The Morgan fingerprint density at radius 3 is 2.50 bits per heavy atom. The van der Waals surface area contributed by atoms with Crippen LogP contribution >= 0.6 is 0 Å². The molecule has 0 radical (unpaired) electrons. The van der Waals surface area contributed by atoms with Crippen molar-refractivity contribution in [1.29, 1.82) is 0 Å². The predicted molar refractivity (Wildman–Crippen MR) is 120 cm³/mol. The van der Waals surface area contributed by atoms with Gasteiger partial charge in [-0.2, -0.15) is 23.4 Å². The Bertz CT molecular complexity index is 1450. The molecule has 0 spiro atoms. The van der Waals surface area contributed by atoms with E-state index in [4.69, 9.17) is 0 Å². The normalized spacial score (nSPS) is 14.0. The van der Waals surface area contributed by atoms with Crippen LogP contribution in [0.2, 0.25) is 0 Å². The highest BCUT2D eigenvalue weighted by Gasteiger charge is 2.36. The molecule has 0 unspecified atom stereocenters. The maximum atomic E-state index is 13.4. The molecular weight excluding hydrogens is 445 g/mol. The van der Waals surface area contributed by atoms with Gasteiger partial charge in [0.1, 0.15) is 0 Å². The Morgan fingerprint density at radius 2 is 1.79 bits per heavy atom. The number of fused-ring (bicyclic) bond motifs is 2. The number of carbonyl (C=O) groups is 1. The van der Waals surface area contributed by atoms with Crippen LogP contribution in [0.3, 0.4) is 0 Å². The summed E-state index contributed by atoms with van der Waals surface area (Å²) in [6, 6.07) is 8.61. The zero-order chi connectivity index (χ0) is 24.4. The van der Waals surface area contributed by atoms with Crippen molar-refractivity contribution in [1.82, 2.24) is 29.4 Å². The van der Waals surface area contributed by atoms with E-state index in [1.165, 1.54) is 11.7 Å². The predicted octanol–water partition coefficient (Wildman–Crippen LogP) is 4.20. The summed E-state index contributed by atoms with van der Waals surface area (Å²) in [6.07, 6.45) is -4.03. The number of hydrogen-bond acceptors (Lipinski definition) is 4. The van der Waals surface area contributed by atoms with Gasteiger partial charge in [-0.25, -0.2) is 0 Å². The third-order valence-electron chi connectivity index (χ3n) is 6.41. The summed E-state index contributed by atoms with van der Waals surface area (Å²) in [5.74, 6) is -0.0993. The Morgan fingerprint density at radius 1 is 1.03 bits per heavy atom. The topological polar surface area (TPSA) is 68.8 Å². The molecule has 176 valence electrons. The van der Waals surface area contributed by atoms with Crippen LogP contribution in [-0.2, 0) is 33.2 Å². The molecule has 1 amide bonds. The van der Waals surface area contributed by atoms with Crippen LogP contribution in [0.15, 0.2) is 30.3 Å². The lowest BCUT2D eigenvalue weighted by molar-refractivity contribution is -0.141. The number of amides is 1. The molecule has 7 nitrogen and oxygen atoms in total. The van der Waals surface area contributed by atoms with Crippen molar-refractivity contribution in [2.75, 3.05) is 6.54 Å². The molecule has 34 heavy (non-hydrogen) atoms. The number of benzene rings is 1. The lowest BCUT2D eigenvalue weighted by Crippen LogP contribution is -2.36. The number of hydrogen-bond donors (Lipinski definition) is 0. The van der Waals surface area contributed by atoms with E-state index in [-0.39, 0.29) is 12.5 Å². The van der Waals surface area contributed by atoms with E-state index in [0.29, 0.717) is 35.6 Å². The molecular formula is C24H23F3N6O. The molecule has 0 saturated carbocycles. The molecule has 0 atom stereocenters.